The van der Waals surface area contributed by atoms with E-state index in [1.165, 1.54) is 34.3 Å². The first-order chi connectivity index (χ1) is 18.9. The molecule has 194 valence electrons. The number of benzene rings is 3. The number of nitro groups is 1. The van der Waals surface area contributed by atoms with Crippen LogP contribution in [0.2, 0.25) is 0 Å². The molecule has 0 N–H and O–H groups in total. The van der Waals surface area contributed by atoms with Gasteiger partial charge in [-0.2, -0.15) is 10.2 Å². The molecule has 1 fully saturated rings. The number of hydrogen-bond acceptors (Lipinski definition) is 9. The van der Waals surface area contributed by atoms with Crippen LogP contribution in [0, 0.1) is 10.1 Å². The summed E-state index contributed by atoms with van der Waals surface area (Å²) in [7, 11) is 0. The third kappa shape index (κ3) is 4.21. The average molecular weight is 524 g/mol. The summed E-state index contributed by atoms with van der Waals surface area (Å²) >= 11 is 0. The second-order valence-electron chi connectivity index (χ2n) is 9.26. The van der Waals surface area contributed by atoms with Crippen molar-refractivity contribution in [3.63, 3.8) is 0 Å². The first-order valence-corrected chi connectivity index (χ1v) is 12.2. The molecule has 39 heavy (non-hydrogen) atoms. The van der Waals surface area contributed by atoms with Gasteiger partial charge in [0.1, 0.15) is 6.54 Å². The molecule has 3 atom stereocenters. The molecule has 3 aromatic rings. The molecule has 0 saturated carbocycles. The summed E-state index contributed by atoms with van der Waals surface area (Å²) in [5.41, 5.74) is 2.60. The minimum atomic E-state index is -1.10. The average Bonchev–Trinajstić information content (AvgIpc) is 3.65. The van der Waals surface area contributed by atoms with E-state index in [0.29, 0.717) is 6.42 Å². The molecule has 0 bridgehead atoms. The Morgan fingerprint density at radius 1 is 0.923 bits per heavy atom. The molecule has 12 heteroatoms. The molecule has 3 aromatic carbocycles. The molecular formula is C27H21N7O5. The van der Waals surface area contributed by atoms with Crippen LogP contribution in [0.1, 0.15) is 23.6 Å². The highest BCUT2D eigenvalue weighted by Gasteiger charge is 2.55. The van der Waals surface area contributed by atoms with E-state index in [4.69, 9.17) is 0 Å². The molecule has 6 rings (SSSR count). The van der Waals surface area contributed by atoms with Crippen molar-refractivity contribution in [1.82, 2.24) is 10.0 Å². The molecule has 3 heterocycles. The van der Waals surface area contributed by atoms with Gasteiger partial charge in [-0.3, -0.25) is 29.5 Å². The number of hydrazone groups is 1. The van der Waals surface area contributed by atoms with Gasteiger partial charge in [0.05, 0.1) is 22.4 Å². The number of carbonyl (C=O) groups excluding carboxylic acids is 3. The third-order valence-corrected chi connectivity index (χ3v) is 6.93. The fraction of sp³-hybridized carbons (Fsp3) is 0.185. The van der Waals surface area contributed by atoms with E-state index < -0.39 is 34.7 Å². The second-order valence-corrected chi connectivity index (χ2v) is 9.26. The zero-order valence-corrected chi connectivity index (χ0v) is 20.4. The Labute approximate surface area is 222 Å². The summed E-state index contributed by atoms with van der Waals surface area (Å²) in [6.45, 7) is -0.313. The molecule has 3 aliphatic rings. The number of hydrogen-bond donors (Lipinski definition) is 0. The van der Waals surface area contributed by atoms with Gasteiger partial charge in [0.2, 0.25) is 0 Å². The topological polar surface area (TPSA) is 141 Å². The Balaban J connectivity index is 1.24. The standard InChI is InChI=1S/C27H21N7O5/c35-23(33-22(18-9-5-2-6-10-18)15-21(29-33)17-7-3-1-4-8-17)16-31-25-24(28-30-31)26(36)32(27(25)37)19-11-13-20(14-12-19)34(38)39/h1-14,22,24-25H,15-16H2. The first-order valence-electron chi connectivity index (χ1n) is 12.2. The zero-order valence-electron chi connectivity index (χ0n) is 20.4. The van der Waals surface area contributed by atoms with E-state index in [0.717, 1.165) is 21.7 Å². The van der Waals surface area contributed by atoms with Gasteiger partial charge < -0.3 is 0 Å². The lowest BCUT2D eigenvalue weighted by Gasteiger charge is -2.25. The maximum Gasteiger partial charge on any atom is 0.269 e. The van der Waals surface area contributed by atoms with Crippen LogP contribution in [-0.2, 0) is 14.4 Å². The summed E-state index contributed by atoms with van der Waals surface area (Å²) in [5, 5.41) is 26.2. The normalized spacial score (nSPS) is 21.9. The molecule has 3 aliphatic heterocycles. The number of amides is 3. The van der Waals surface area contributed by atoms with Crippen molar-refractivity contribution >= 4 is 34.8 Å². The molecule has 12 nitrogen and oxygen atoms in total. The molecule has 0 spiro atoms. The summed E-state index contributed by atoms with van der Waals surface area (Å²) in [6, 6.07) is 21.7. The van der Waals surface area contributed by atoms with E-state index in [9.17, 15) is 24.5 Å². The number of anilines is 1. The van der Waals surface area contributed by atoms with Gasteiger partial charge in [0.15, 0.2) is 12.1 Å². The highest BCUT2D eigenvalue weighted by atomic mass is 16.6. The van der Waals surface area contributed by atoms with Crippen LogP contribution < -0.4 is 4.90 Å². The van der Waals surface area contributed by atoms with E-state index >= 15 is 0 Å². The smallest absolute Gasteiger partial charge is 0.269 e. The maximum atomic E-state index is 13.6. The van der Waals surface area contributed by atoms with Gasteiger partial charge in [0, 0.05) is 18.6 Å². The lowest BCUT2D eigenvalue weighted by atomic mass is 9.98. The van der Waals surface area contributed by atoms with Crippen molar-refractivity contribution in [2.24, 2.45) is 15.4 Å². The van der Waals surface area contributed by atoms with Crippen LogP contribution in [0.4, 0.5) is 11.4 Å². The van der Waals surface area contributed by atoms with E-state index in [2.05, 4.69) is 15.4 Å². The van der Waals surface area contributed by atoms with Crippen LogP contribution in [0.3, 0.4) is 0 Å². The first kappa shape index (κ1) is 24.1. The number of nitro benzene ring substituents is 1. The summed E-state index contributed by atoms with van der Waals surface area (Å²) in [5.74, 6) is -1.61. The zero-order chi connectivity index (χ0) is 27.1. The molecular weight excluding hydrogens is 502 g/mol. The predicted octanol–water partition coefficient (Wildman–Crippen LogP) is 3.27. The SMILES string of the molecule is O=C1C2N=NN(CC(=O)N3N=C(c4ccccc4)CC3c3ccccc3)C2C(=O)N1c1ccc([N+](=O)[O-])cc1. The van der Waals surface area contributed by atoms with Crippen molar-refractivity contribution in [2.75, 3.05) is 11.4 Å². The van der Waals surface area contributed by atoms with Gasteiger partial charge in [-0.1, -0.05) is 65.9 Å². The number of nitrogens with zero attached hydrogens (tertiary/aromatic N) is 7. The highest BCUT2D eigenvalue weighted by Crippen LogP contribution is 2.35. The van der Waals surface area contributed by atoms with Crippen molar-refractivity contribution in [1.29, 1.82) is 0 Å². The maximum absolute atomic E-state index is 13.6. The molecule has 3 unspecified atom stereocenters. The molecule has 0 aliphatic carbocycles. The molecule has 0 aromatic heterocycles. The van der Waals surface area contributed by atoms with Crippen molar-refractivity contribution in [3.8, 4) is 0 Å². The van der Waals surface area contributed by atoms with Crippen LogP contribution in [-0.4, -0.2) is 57.0 Å². The summed E-state index contributed by atoms with van der Waals surface area (Å²) in [4.78, 5) is 51.3. The Hall–Kier alpha value is -5.26. The minimum absolute atomic E-state index is 0.168. The Bertz CT molecular complexity index is 1530. The Morgan fingerprint density at radius 2 is 1.59 bits per heavy atom. The Morgan fingerprint density at radius 3 is 2.26 bits per heavy atom. The van der Waals surface area contributed by atoms with Crippen LogP contribution in [0.5, 0.6) is 0 Å². The van der Waals surface area contributed by atoms with Gasteiger partial charge in [-0.05, 0) is 23.3 Å². The van der Waals surface area contributed by atoms with E-state index in [1.54, 1.807) is 0 Å². The number of fused-ring (bicyclic) bond motifs is 1. The fourth-order valence-electron chi connectivity index (χ4n) is 5.02. The minimum Gasteiger partial charge on any atom is -0.271 e. The van der Waals surface area contributed by atoms with E-state index in [-0.39, 0.29) is 24.0 Å². The van der Waals surface area contributed by atoms with Crippen molar-refractivity contribution in [2.45, 2.75) is 24.5 Å². The van der Waals surface area contributed by atoms with Gasteiger partial charge in [0.25, 0.3) is 23.4 Å². The fourth-order valence-corrected chi connectivity index (χ4v) is 5.02. The number of non-ortho nitro benzene ring substituents is 1. The van der Waals surface area contributed by atoms with Crippen molar-refractivity contribution in [3.05, 3.63) is 106 Å². The lowest BCUT2D eigenvalue weighted by Crippen LogP contribution is -2.44. The summed E-state index contributed by atoms with van der Waals surface area (Å²) in [6.07, 6.45) is 0.513. The monoisotopic (exact) mass is 523 g/mol. The van der Waals surface area contributed by atoms with Crippen LogP contribution >= 0.6 is 0 Å². The van der Waals surface area contributed by atoms with Gasteiger partial charge >= 0.3 is 0 Å². The summed E-state index contributed by atoms with van der Waals surface area (Å²) < 4.78 is 0. The van der Waals surface area contributed by atoms with E-state index in [1.807, 2.05) is 60.7 Å². The molecule has 0 radical (unpaired) electrons. The number of rotatable bonds is 6. The predicted molar refractivity (Wildman–Crippen MR) is 138 cm³/mol. The van der Waals surface area contributed by atoms with Gasteiger partial charge in [-0.15, -0.1) is 0 Å². The second kappa shape index (κ2) is 9.56. The lowest BCUT2D eigenvalue weighted by molar-refractivity contribution is -0.384. The number of carbonyl (C=O) groups is 3. The quantitative estimate of drug-likeness (QED) is 0.276. The number of imide groups is 1. The van der Waals surface area contributed by atoms with Crippen molar-refractivity contribution < 1.29 is 19.3 Å². The third-order valence-electron chi connectivity index (χ3n) is 6.93. The Kier molecular flexibility index (Phi) is 5.91. The van der Waals surface area contributed by atoms with Crippen LogP contribution in [0.15, 0.2) is 100 Å². The molecule has 1 saturated heterocycles. The molecule has 3 amide bonds. The highest BCUT2D eigenvalue weighted by molar-refractivity contribution is 6.25. The largest absolute Gasteiger partial charge is 0.271 e. The van der Waals surface area contributed by atoms with Gasteiger partial charge in [-0.25, -0.2) is 9.91 Å². The van der Waals surface area contributed by atoms with Crippen LogP contribution in [0.25, 0.3) is 0 Å².